The van der Waals surface area contributed by atoms with E-state index in [9.17, 15) is 18.0 Å². The number of alkyl halides is 3. The Labute approximate surface area is 285 Å². The third-order valence-electron chi connectivity index (χ3n) is 8.22. The number of aryl methyl sites for hydroxylation is 3. The Balaban J connectivity index is 1.50. The van der Waals surface area contributed by atoms with E-state index in [1.807, 2.05) is 79.1 Å². The van der Waals surface area contributed by atoms with Crippen LogP contribution in [0.25, 0.3) is 33.9 Å². The minimum Gasteiger partial charge on any atom is -0.379 e. The van der Waals surface area contributed by atoms with Gasteiger partial charge in [0.1, 0.15) is 5.82 Å². The second-order valence-corrected chi connectivity index (χ2v) is 12.3. The largest absolute Gasteiger partial charge is 0.416 e. The predicted octanol–water partition coefficient (Wildman–Crippen LogP) is 8.83. The molecule has 9 heteroatoms. The lowest BCUT2D eigenvalue weighted by Gasteiger charge is -2.16. The fraction of sp³-hybridized carbons (Fsp3) is 0.300. The van der Waals surface area contributed by atoms with E-state index < -0.39 is 11.7 Å². The Morgan fingerprint density at radius 2 is 1.35 bits per heavy atom. The number of Topliss-reactive ketones (excluding diaryl/α,β-unsaturated/α-hetero) is 1. The molecule has 0 unspecified atom stereocenters. The highest BCUT2D eigenvalue weighted by Gasteiger charge is 2.32. The average molecular weight is 670 g/mol. The van der Waals surface area contributed by atoms with Gasteiger partial charge in [0.05, 0.1) is 36.8 Å². The second-order valence-electron chi connectivity index (χ2n) is 12.3. The van der Waals surface area contributed by atoms with E-state index in [1.54, 1.807) is 25.1 Å². The van der Waals surface area contributed by atoms with E-state index in [0.29, 0.717) is 80.6 Å². The number of halogens is 3. The number of ether oxygens (including phenoxy) is 2. The van der Waals surface area contributed by atoms with Crippen LogP contribution >= 0.6 is 0 Å². The van der Waals surface area contributed by atoms with Crippen LogP contribution in [0, 0.1) is 20.8 Å². The zero-order valence-electron chi connectivity index (χ0n) is 28.1. The van der Waals surface area contributed by atoms with Crippen LogP contribution in [-0.4, -0.2) is 48.3 Å². The van der Waals surface area contributed by atoms with E-state index in [2.05, 4.69) is 0 Å². The van der Waals surface area contributed by atoms with Gasteiger partial charge in [0.15, 0.2) is 5.78 Å². The molecule has 0 aliphatic carbocycles. The Morgan fingerprint density at radius 1 is 0.735 bits per heavy atom. The number of ketones is 1. The minimum atomic E-state index is -4.51. The first kappa shape index (κ1) is 35.7. The van der Waals surface area contributed by atoms with Gasteiger partial charge in [-0.2, -0.15) is 13.2 Å². The van der Waals surface area contributed by atoms with Gasteiger partial charge in [-0.15, -0.1) is 0 Å². The summed E-state index contributed by atoms with van der Waals surface area (Å²) in [6, 6.07) is 27.5. The lowest BCUT2D eigenvalue weighted by Crippen LogP contribution is -2.12. The van der Waals surface area contributed by atoms with Crippen molar-refractivity contribution in [1.29, 1.82) is 0 Å². The van der Waals surface area contributed by atoms with E-state index in [4.69, 9.17) is 20.2 Å². The molecule has 4 aromatic carbocycles. The molecule has 0 saturated heterocycles. The molecule has 0 bridgehead atoms. The number of hydrogen-bond donors (Lipinski definition) is 1. The summed E-state index contributed by atoms with van der Waals surface area (Å²) in [4.78, 5) is 18.0. The number of nitrogens with zero attached hydrogens (tertiary/aromatic N) is 2. The Morgan fingerprint density at radius 3 is 1.96 bits per heavy atom. The second kappa shape index (κ2) is 16.2. The lowest BCUT2D eigenvalue weighted by atomic mass is 10.0. The van der Waals surface area contributed by atoms with Crippen molar-refractivity contribution in [3.8, 4) is 33.9 Å². The number of hydrogen-bond acceptors (Lipinski definition) is 5. The Kier molecular flexibility index (Phi) is 11.8. The molecule has 6 nitrogen and oxygen atoms in total. The summed E-state index contributed by atoms with van der Waals surface area (Å²) in [5.41, 5.74) is 12.4. The van der Waals surface area contributed by atoms with E-state index in [-0.39, 0.29) is 5.78 Å². The van der Waals surface area contributed by atoms with Crippen molar-refractivity contribution in [2.75, 3.05) is 33.0 Å². The maximum atomic E-state index is 14.0. The van der Waals surface area contributed by atoms with Crippen LogP contribution in [-0.2, 0) is 22.2 Å². The summed E-state index contributed by atoms with van der Waals surface area (Å²) in [5.74, 6) is 0.438. The third-order valence-corrected chi connectivity index (χ3v) is 8.22. The van der Waals surface area contributed by atoms with Crippen molar-refractivity contribution in [1.82, 2.24) is 9.55 Å². The van der Waals surface area contributed by atoms with Crippen molar-refractivity contribution in [2.45, 2.75) is 46.3 Å². The molecular formula is C40H42F3N3O3. The first-order valence-electron chi connectivity index (χ1n) is 16.4. The Bertz CT molecular complexity index is 1850. The van der Waals surface area contributed by atoms with Crippen molar-refractivity contribution < 1.29 is 27.4 Å². The van der Waals surface area contributed by atoms with Crippen LogP contribution in [0.1, 0.15) is 51.0 Å². The van der Waals surface area contributed by atoms with Gasteiger partial charge in [-0.05, 0) is 56.5 Å². The van der Waals surface area contributed by atoms with Gasteiger partial charge in [0, 0.05) is 48.4 Å². The molecule has 0 saturated carbocycles. The maximum absolute atomic E-state index is 14.0. The zero-order chi connectivity index (χ0) is 35.0. The van der Waals surface area contributed by atoms with E-state index in [0.717, 1.165) is 39.6 Å². The lowest BCUT2D eigenvalue weighted by molar-refractivity contribution is -0.137. The summed E-state index contributed by atoms with van der Waals surface area (Å²) < 4.78 is 54.8. The van der Waals surface area contributed by atoms with Crippen LogP contribution in [0.3, 0.4) is 0 Å². The van der Waals surface area contributed by atoms with Crippen LogP contribution < -0.4 is 5.73 Å². The first-order valence-corrected chi connectivity index (χ1v) is 16.4. The van der Waals surface area contributed by atoms with Crippen molar-refractivity contribution in [2.24, 2.45) is 5.73 Å². The van der Waals surface area contributed by atoms with E-state index in [1.165, 1.54) is 6.07 Å². The molecule has 1 aromatic heterocycles. The smallest absolute Gasteiger partial charge is 0.379 e. The molecule has 0 spiro atoms. The standard InChI is InChI=1S/C40H42F3N3O3/c1-27-6-12-32(13-7-27)37-38(33-14-8-28(2)9-15-33)46(39(45-37)34-23-29(3)24-35(25-34)40(41,42)43)26-30-10-16-31(17-11-30)36(47)5-4-19-48-21-22-49-20-18-44/h6-17,23-25H,4-5,18-22,26,44H2,1-3H3. The van der Waals surface area contributed by atoms with Crippen molar-refractivity contribution in [3.63, 3.8) is 0 Å². The number of imidazole rings is 1. The van der Waals surface area contributed by atoms with Gasteiger partial charge in [0.25, 0.3) is 0 Å². The van der Waals surface area contributed by atoms with Gasteiger partial charge < -0.3 is 19.8 Å². The monoisotopic (exact) mass is 669 g/mol. The number of carbonyl (C=O) groups excluding carboxylic acids is 1. The molecule has 49 heavy (non-hydrogen) atoms. The molecule has 2 N–H and O–H groups in total. The molecule has 256 valence electrons. The molecule has 5 rings (SSSR count). The average Bonchev–Trinajstić information content (AvgIpc) is 3.45. The number of benzene rings is 4. The van der Waals surface area contributed by atoms with Gasteiger partial charge >= 0.3 is 6.18 Å². The number of aromatic nitrogens is 2. The van der Waals surface area contributed by atoms with Crippen LogP contribution in [0.2, 0.25) is 0 Å². The van der Waals surface area contributed by atoms with Crippen molar-refractivity contribution >= 4 is 5.78 Å². The molecule has 0 aliphatic rings. The molecule has 0 atom stereocenters. The van der Waals surface area contributed by atoms with E-state index >= 15 is 0 Å². The summed E-state index contributed by atoms with van der Waals surface area (Å²) in [7, 11) is 0. The molecule has 0 radical (unpaired) electrons. The Hall–Kier alpha value is -4.57. The summed E-state index contributed by atoms with van der Waals surface area (Å²) in [6.07, 6.45) is -3.57. The zero-order valence-corrected chi connectivity index (χ0v) is 28.1. The highest BCUT2D eigenvalue weighted by Crippen LogP contribution is 2.39. The fourth-order valence-corrected chi connectivity index (χ4v) is 5.68. The summed E-state index contributed by atoms with van der Waals surface area (Å²) >= 11 is 0. The van der Waals surface area contributed by atoms with Gasteiger partial charge in [-0.1, -0.05) is 83.9 Å². The summed E-state index contributed by atoms with van der Waals surface area (Å²) in [6.45, 7) is 8.33. The highest BCUT2D eigenvalue weighted by molar-refractivity contribution is 5.96. The van der Waals surface area contributed by atoms with Gasteiger partial charge in [-0.3, -0.25) is 4.79 Å². The molecule has 0 fully saturated rings. The first-order chi connectivity index (χ1) is 23.5. The number of carbonyl (C=O) groups is 1. The quantitative estimate of drug-likeness (QED) is 0.0890. The van der Waals surface area contributed by atoms with Crippen LogP contribution in [0.5, 0.6) is 0 Å². The molecular weight excluding hydrogens is 627 g/mol. The minimum absolute atomic E-state index is 0.0132. The van der Waals surface area contributed by atoms with Crippen molar-refractivity contribution in [3.05, 3.63) is 124 Å². The topological polar surface area (TPSA) is 79.4 Å². The SMILES string of the molecule is Cc1ccc(-c2nc(-c3cc(C)cc(C(F)(F)F)c3)n(Cc3ccc(C(=O)CCCOCCOCCN)cc3)c2-c2ccc(C)cc2)cc1. The highest BCUT2D eigenvalue weighted by atomic mass is 19.4. The molecule has 0 aliphatic heterocycles. The summed E-state index contributed by atoms with van der Waals surface area (Å²) in [5, 5.41) is 0. The normalized spacial score (nSPS) is 11.7. The molecule has 0 amide bonds. The van der Waals surface area contributed by atoms with Gasteiger partial charge in [-0.25, -0.2) is 4.98 Å². The molecule has 5 aromatic rings. The predicted molar refractivity (Wildman–Crippen MR) is 188 cm³/mol. The fourth-order valence-electron chi connectivity index (χ4n) is 5.68. The third kappa shape index (κ3) is 9.32. The van der Waals surface area contributed by atoms with Gasteiger partial charge in [0.2, 0.25) is 0 Å². The maximum Gasteiger partial charge on any atom is 0.416 e. The molecule has 1 heterocycles. The number of nitrogens with two attached hydrogens (primary N) is 1. The van der Waals surface area contributed by atoms with Crippen LogP contribution in [0.15, 0.2) is 91.0 Å². The number of rotatable bonds is 15. The van der Waals surface area contributed by atoms with Crippen LogP contribution in [0.4, 0.5) is 13.2 Å².